The van der Waals surface area contributed by atoms with Gasteiger partial charge in [0.15, 0.2) is 0 Å². The van der Waals surface area contributed by atoms with E-state index in [9.17, 15) is 4.79 Å². The number of amides is 1. The lowest BCUT2D eigenvalue weighted by atomic mass is 10.3. The van der Waals surface area contributed by atoms with Gasteiger partial charge in [0, 0.05) is 9.40 Å². The molecule has 0 atom stereocenters. The molecule has 0 fully saturated rings. The minimum Gasteiger partial charge on any atom is -0.320 e. The predicted molar refractivity (Wildman–Crippen MR) is 81.6 cm³/mol. The second-order valence-corrected chi connectivity index (χ2v) is 6.40. The zero-order valence-electron chi connectivity index (χ0n) is 9.94. The van der Waals surface area contributed by atoms with Gasteiger partial charge in [-0.1, -0.05) is 11.6 Å². The number of aryl methyl sites for hydroxylation is 1. The first-order chi connectivity index (χ1) is 9.13. The van der Waals surface area contributed by atoms with E-state index >= 15 is 0 Å². The van der Waals surface area contributed by atoms with Crippen molar-refractivity contribution in [2.24, 2.45) is 0 Å². The molecule has 0 saturated carbocycles. The van der Waals surface area contributed by atoms with Gasteiger partial charge in [-0.05, 0) is 36.6 Å². The predicted octanol–water partition coefficient (Wildman–Crippen LogP) is 4.57. The summed E-state index contributed by atoms with van der Waals surface area (Å²) in [5, 5.41) is 5.31. The van der Waals surface area contributed by atoms with Gasteiger partial charge in [0.25, 0.3) is 5.91 Å². The Kier molecular flexibility index (Phi) is 3.26. The fourth-order valence-electron chi connectivity index (χ4n) is 1.72. The van der Waals surface area contributed by atoms with Gasteiger partial charge in [-0.2, -0.15) is 0 Å². The number of rotatable bonds is 2. The van der Waals surface area contributed by atoms with Crippen LogP contribution < -0.4 is 5.32 Å². The third kappa shape index (κ3) is 2.49. The van der Waals surface area contributed by atoms with Crippen LogP contribution in [-0.4, -0.2) is 10.9 Å². The molecule has 0 aromatic carbocycles. The number of pyridine rings is 1. The first kappa shape index (κ1) is 12.6. The van der Waals surface area contributed by atoms with Gasteiger partial charge in [-0.25, -0.2) is 4.98 Å². The molecule has 3 rings (SSSR count). The van der Waals surface area contributed by atoms with E-state index < -0.39 is 0 Å². The van der Waals surface area contributed by atoms with Crippen molar-refractivity contribution in [2.75, 3.05) is 5.32 Å². The number of fused-ring (bicyclic) bond motifs is 1. The first-order valence-corrected chi connectivity index (χ1v) is 7.62. The molecule has 6 heteroatoms. The van der Waals surface area contributed by atoms with Crippen LogP contribution in [0.25, 0.3) is 9.40 Å². The summed E-state index contributed by atoms with van der Waals surface area (Å²) in [6.45, 7) is 1.81. The highest BCUT2D eigenvalue weighted by Gasteiger charge is 2.12. The summed E-state index contributed by atoms with van der Waals surface area (Å²) >= 11 is 8.92. The summed E-state index contributed by atoms with van der Waals surface area (Å²) < 4.78 is 2.28. The van der Waals surface area contributed by atoms with E-state index in [1.165, 1.54) is 11.3 Å². The molecule has 0 saturated heterocycles. The Morgan fingerprint density at radius 3 is 2.89 bits per heavy atom. The van der Waals surface area contributed by atoms with Crippen molar-refractivity contribution < 1.29 is 4.79 Å². The molecular weight excluding hydrogens is 300 g/mol. The van der Waals surface area contributed by atoms with Crippen molar-refractivity contribution >= 4 is 55.3 Å². The van der Waals surface area contributed by atoms with Crippen molar-refractivity contribution in [3.63, 3.8) is 0 Å². The summed E-state index contributed by atoms with van der Waals surface area (Å²) in [5.41, 5.74) is 1.39. The molecule has 3 aromatic rings. The number of carbonyl (C=O) groups is 1. The van der Waals surface area contributed by atoms with Crippen molar-refractivity contribution in [2.45, 2.75) is 6.92 Å². The number of nitrogens with zero attached hydrogens (tertiary/aromatic N) is 1. The molecule has 0 aliphatic rings. The quantitative estimate of drug-likeness (QED) is 0.704. The summed E-state index contributed by atoms with van der Waals surface area (Å²) in [6, 6.07) is 7.37. The van der Waals surface area contributed by atoms with E-state index in [1.54, 1.807) is 23.5 Å². The Balaban J connectivity index is 1.86. The number of carbonyl (C=O) groups excluding carboxylic acids is 1. The Morgan fingerprint density at radius 2 is 2.16 bits per heavy atom. The fourth-order valence-corrected chi connectivity index (χ4v) is 3.92. The van der Waals surface area contributed by atoms with E-state index in [0.717, 1.165) is 9.40 Å². The van der Waals surface area contributed by atoms with Gasteiger partial charge >= 0.3 is 0 Å². The average molecular weight is 309 g/mol. The molecule has 0 unspecified atom stereocenters. The molecule has 1 amide bonds. The highest BCUT2D eigenvalue weighted by atomic mass is 35.5. The highest BCUT2D eigenvalue weighted by Crippen LogP contribution is 2.30. The van der Waals surface area contributed by atoms with Crippen LogP contribution in [0.15, 0.2) is 29.6 Å². The summed E-state index contributed by atoms with van der Waals surface area (Å²) in [7, 11) is 0. The smallest absolute Gasteiger partial charge is 0.265 e. The SMILES string of the molecule is Cc1nc(Cl)ccc1NC(=O)c1cc2sccc2s1. The minimum absolute atomic E-state index is 0.111. The summed E-state index contributed by atoms with van der Waals surface area (Å²) in [5.74, 6) is -0.111. The van der Waals surface area contributed by atoms with Crippen LogP contribution >= 0.6 is 34.3 Å². The van der Waals surface area contributed by atoms with Gasteiger partial charge in [0.1, 0.15) is 5.15 Å². The Bertz CT molecular complexity index is 734. The zero-order chi connectivity index (χ0) is 13.4. The lowest BCUT2D eigenvalue weighted by Crippen LogP contribution is -2.11. The van der Waals surface area contributed by atoms with Crippen molar-refractivity contribution in [3.8, 4) is 0 Å². The third-order valence-electron chi connectivity index (χ3n) is 2.66. The van der Waals surface area contributed by atoms with Crippen LogP contribution in [0.4, 0.5) is 5.69 Å². The number of halogens is 1. The van der Waals surface area contributed by atoms with E-state index in [2.05, 4.69) is 10.3 Å². The monoisotopic (exact) mass is 308 g/mol. The number of thiophene rings is 2. The maximum Gasteiger partial charge on any atom is 0.265 e. The minimum atomic E-state index is -0.111. The number of hydrogen-bond donors (Lipinski definition) is 1. The largest absolute Gasteiger partial charge is 0.320 e. The van der Waals surface area contributed by atoms with Gasteiger partial charge < -0.3 is 5.32 Å². The fraction of sp³-hybridized carbons (Fsp3) is 0.0769. The topological polar surface area (TPSA) is 42.0 Å². The van der Waals surface area contributed by atoms with E-state index in [0.29, 0.717) is 21.4 Å². The molecule has 96 valence electrons. The standard InChI is InChI=1S/C13H9ClN2OS2/c1-7-8(2-3-12(14)15-7)16-13(17)11-6-10-9(19-11)4-5-18-10/h2-6H,1H3,(H,16,17). The van der Waals surface area contributed by atoms with Crippen LogP contribution in [0.1, 0.15) is 15.4 Å². The lowest BCUT2D eigenvalue weighted by Gasteiger charge is -2.06. The number of hydrogen-bond acceptors (Lipinski definition) is 4. The van der Waals surface area contributed by atoms with E-state index in [-0.39, 0.29) is 5.91 Å². The maximum atomic E-state index is 12.2. The Labute approximate surface area is 122 Å². The molecule has 3 nitrogen and oxygen atoms in total. The molecular formula is C13H9ClN2OS2. The molecule has 0 aliphatic heterocycles. The first-order valence-electron chi connectivity index (χ1n) is 5.55. The molecule has 1 N–H and O–H groups in total. The van der Waals surface area contributed by atoms with E-state index in [4.69, 9.17) is 11.6 Å². The second kappa shape index (κ2) is 4.92. The molecule has 3 heterocycles. The third-order valence-corrected chi connectivity index (χ3v) is 4.97. The van der Waals surface area contributed by atoms with Gasteiger partial charge in [0.05, 0.1) is 16.3 Å². The zero-order valence-corrected chi connectivity index (χ0v) is 12.3. The lowest BCUT2D eigenvalue weighted by molar-refractivity contribution is 0.103. The summed E-state index contributed by atoms with van der Waals surface area (Å²) in [6.07, 6.45) is 0. The van der Waals surface area contributed by atoms with Gasteiger partial charge in [-0.3, -0.25) is 4.79 Å². The molecule has 0 spiro atoms. The van der Waals surface area contributed by atoms with Crippen LogP contribution in [-0.2, 0) is 0 Å². The Hall–Kier alpha value is -1.43. The average Bonchev–Trinajstić information content (AvgIpc) is 2.93. The van der Waals surface area contributed by atoms with Crippen molar-refractivity contribution in [3.05, 3.63) is 45.4 Å². The van der Waals surface area contributed by atoms with Crippen LogP contribution in [0.3, 0.4) is 0 Å². The molecule has 19 heavy (non-hydrogen) atoms. The van der Waals surface area contributed by atoms with Crippen LogP contribution in [0.5, 0.6) is 0 Å². The molecule has 3 aromatic heterocycles. The van der Waals surface area contributed by atoms with Crippen LogP contribution in [0.2, 0.25) is 5.15 Å². The number of anilines is 1. The van der Waals surface area contributed by atoms with E-state index in [1.807, 2.05) is 24.4 Å². The normalized spacial score (nSPS) is 10.8. The van der Waals surface area contributed by atoms with Crippen LogP contribution in [0, 0.1) is 6.92 Å². The van der Waals surface area contributed by atoms with Gasteiger partial charge in [0.2, 0.25) is 0 Å². The van der Waals surface area contributed by atoms with Crippen molar-refractivity contribution in [1.29, 1.82) is 0 Å². The Morgan fingerprint density at radius 1 is 1.32 bits per heavy atom. The maximum absolute atomic E-state index is 12.2. The number of nitrogens with one attached hydrogen (secondary N) is 1. The molecule has 0 aliphatic carbocycles. The van der Waals surface area contributed by atoms with Gasteiger partial charge in [-0.15, -0.1) is 22.7 Å². The molecule has 0 radical (unpaired) electrons. The molecule has 0 bridgehead atoms. The van der Waals surface area contributed by atoms with Crippen molar-refractivity contribution in [1.82, 2.24) is 4.98 Å². The summed E-state index contributed by atoms with van der Waals surface area (Å²) in [4.78, 5) is 17.0. The second-order valence-electron chi connectivity index (χ2n) is 3.98. The number of aromatic nitrogens is 1. The highest BCUT2D eigenvalue weighted by molar-refractivity contribution is 7.27.